The van der Waals surface area contributed by atoms with Crippen LogP contribution in [0.25, 0.3) is 11.4 Å². The molecule has 3 amide bonds. The van der Waals surface area contributed by atoms with Crippen LogP contribution in [0, 0.1) is 0 Å². The average molecular weight is 513 g/mol. The van der Waals surface area contributed by atoms with E-state index in [0.717, 1.165) is 29.2 Å². The summed E-state index contributed by atoms with van der Waals surface area (Å²) >= 11 is 0. The van der Waals surface area contributed by atoms with Crippen molar-refractivity contribution in [1.29, 1.82) is 0 Å². The Labute approximate surface area is 217 Å². The maximum absolute atomic E-state index is 12.8. The largest absolute Gasteiger partial charge is 0.382 e. The first-order valence-corrected chi connectivity index (χ1v) is 12.7. The number of hydrogen-bond donors (Lipinski definition) is 2. The van der Waals surface area contributed by atoms with Gasteiger partial charge < -0.3 is 34.6 Å². The fourth-order valence-electron chi connectivity index (χ4n) is 4.46. The molecule has 4 rings (SSSR count). The van der Waals surface area contributed by atoms with Crippen LogP contribution in [0.2, 0.25) is 0 Å². The number of aromatic nitrogens is 2. The highest BCUT2D eigenvalue weighted by atomic mass is 16.5. The van der Waals surface area contributed by atoms with Crippen LogP contribution >= 0.6 is 0 Å². The molecule has 0 bridgehead atoms. The topological polar surface area (TPSA) is 118 Å². The Balaban J connectivity index is 1.60. The number of carbonyl (C=O) groups is 2. The van der Waals surface area contributed by atoms with Crippen LogP contribution in [0.4, 0.5) is 16.3 Å². The Kier molecular flexibility index (Phi) is 9.26. The van der Waals surface area contributed by atoms with Gasteiger partial charge in [0.2, 0.25) is 5.91 Å². The second kappa shape index (κ2) is 12.8. The zero-order chi connectivity index (χ0) is 26.2. The lowest BCUT2D eigenvalue weighted by molar-refractivity contribution is -0.137. The van der Waals surface area contributed by atoms with Gasteiger partial charge in [-0.1, -0.05) is 0 Å². The molecule has 1 saturated heterocycles. The molecule has 1 unspecified atom stereocenters. The average Bonchev–Trinajstić information content (AvgIpc) is 2.91. The summed E-state index contributed by atoms with van der Waals surface area (Å²) in [5.41, 5.74) is 3.44. The van der Waals surface area contributed by atoms with E-state index in [1.54, 1.807) is 12.0 Å². The first-order valence-electron chi connectivity index (χ1n) is 12.7. The molecule has 2 aliphatic rings. The summed E-state index contributed by atoms with van der Waals surface area (Å²) in [6.07, 6.45) is 0.675. The maximum atomic E-state index is 12.8. The van der Waals surface area contributed by atoms with E-state index in [1.807, 2.05) is 31.2 Å². The number of amides is 3. The number of methoxy groups -OCH3 is 1. The van der Waals surface area contributed by atoms with Crippen molar-refractivity contribution in [3.05, 3.63) is 35.5 Å². The van der Waals surface area contributed by atoms with Crippen LogP contribution < -0.4 is 15.5 Å². The van der Waals surface area contributed by atoms with E-state index in [4.69, 9.17) is 24.2 Å². The normalized spacial score (nSPS) is 17.3. The lowest BCUT2D eigenvalue weighted by Crippen LogP contribution is -2.46. The van der Waals surface area contributed by atoms with E-state index in [1.165, 1.54) is 0 Å². The van der Waals surface area contributed by atoms with Crippen LogP contribution in [0.1, 0.15) is 25.1 Å². The molecule has 2 N–H and O–H groups in total. The molecule has 3 heterocycles. The van der Waals surface area contributed by atoms with Crippen LogP contribution in [0.15, 0.2) is 24.3 Å². The molecule has 2 aromatic rings. The van der Waals surface area contributed by atoms with Gasteiger partial charge >= 0.3 is 6.03 Å². The number of urea groups is 1. The van der Waals surface area contributed by atoms with E-state index >= 15 is 0 Å². The molecule has 200 valence electrons. The van der Waals surface area contributed by atoms with Gasteiger partial charge in [0.15, 0.2) is 5.82 Å². The van der Waals surface area contributed by atoms with Gasteiger partial charge in [0.1, 0.15) is 12.4 Å². The quantitative estimate of drug-likeness (QED) is 0.490. The summed E-state index contributed by atoms with van der Waals surface area (Å²) in [4.78, 5) is 38.6. The van der Waals surface area contributed by atoms with Crippen molar-refractivity contribution in [2.45, 2.75) is 32.9 Å². The highest BCUT2D eigenvalue weighted by Gasteiger charge is 2.30. The minimum Gasteiger partial charge on any atom is -0.382 e. The van der Waals surface area contributed by atoms with Crippen LogP contribution in [0.3, 0.4) is 0 Å². The summed E-state index contributed by atoms with van der Waals surface area (Å²) in [6.45, 7) is 8.41. The Hall–Kier alpha value is -3.28. The number of rotatable bonds is 9. The van der Waals surface area contributed by atoms with E-state index in [9.17, 15) is 9.59 Å². The van der Waals surface area contributed by atoms with Crippen LogP contribution in [-0.2, 0) is 32.0 Å². The zero-order valence-electron chi connectivity index (χ0n) is 21.8. The van der Waals surface area contributed by atoms with Crippen molar-refractivity contribution >= 4 is 23.4 Å². The molecule has 0 spiro atoms. The molecule has 11 heteroatoms. The summed E-state index contributed by atoms with van der Waals surface area (Å²) in [5, 5.41) is 5.52. The first-order chi connectivity index (χ1) is 18.0. The highest BCUT2D eigenvalue weighted by Crippen LogP contribution is 2.31. The zero-order valence-corrected chi connectivity index (χ0v) is 21.8. The molecular weight excluding hydrogens is 476 g/mol. The number of hydrogen-bond acceptors (Lipinski definition) is 8. The lowest BCUT2D eigenvalue weighted by Gasteiger charge is -2.37. The van der Waals surface area contributed by atoms with E-state index in [2.05, 4.69) is 22.5 Å². The van der Waals surface area contributed by atoms with E-state index in [0.29, 0.717) is 64.0 Å². The van der Waals surface area contributed by atoms with Gasteiger partial charge in [-0.15, -0.1) is 0 Å². The number of nitrogens with one attached hydrogen (secondary N) is 2. The molecule has 0 radical (unpaired) electrons. The lowest BCUT2D eigenvalue weighted by atomic mass is 10.0. The van der Waals surface area contributed by atoms with Crippen LogP contribution in [0.5, 0.6) is 0 Å². The molecule has 1 fully saturated rings. The molecule has 2 aliphatic heterocycles. The number of morpholine rings is 1. The van der Waals surface area contributed by atoms with E-state index < -0.39 is 0 Å². The van der Waals surface area contributed by atoms with Crippen LogP contribution in [-0.4, -0.2) is 92.6 Å². The number of fused-ring (bicyclic) bond motifs is 1. The number of anilines is 2. The van der Waals surface area contributed by atoms with Crippen molar-refractivity contribution in [3.8, 4) is 11.4 Å². The molecule has 1 aromatic carbocycles. The van der Waals surface area contributed by atoms with Gasteiger partial charge in [-0.25, -0.2) is 14.8 Å². The van der Waals surface area contributed by atoms with Gasteiger partial charge in [-0.3, -0.25) is 4.79 Å². The van der Waals surface area contributed by atoms with Crippen molar-refractivity contribution in [2.75, 3.05) is 70.0 Å². The third-order valence-corrected chi connectivity index (χ3v) is 6.43. The van der Waals surface area contributed by atoms with Crippen molar-refractivity contribution in [1.82, 2.24) is 20.2 Å². The standard InChI is InChI=1S/C26H36N6O5/c1-4-27-26(34)28-20-7-5-19(6-8-20)24-29-22-15-31(23(33)17-37-14-13-35-3)10-9-21(22)25(30-24)32-11-12-36-16-18(32)2/h5-8,18H,4,9-17H2,1-3H3,(H2,27,28,34). The molecule has 0 aliphatic carbocycles. The van der Waals surface area contributed by atoms with Crippen molar-refractivity contribution < 1.29 is 23.8 Å². The second-order valence-corrected chi connectivity index (χ2v) is 9.09. The molecular formula is C26H36N6O5. The predicted molar refractivity (Wildman–Crippen MR) is 140 cm³/mol. The van der Waals surface area contributed by atoms with Gasteiger partial charge in [0, 0.05) is 43.6 Å². The summed E-state index contributed by atoms with van der Waals surface area (Å²) in [7, 11) is 1.60. The van der Waals surface area contributed by atoms with Gasteiger partial charge in [0.05, 0.1) is 44.7 Å². The smallest absolute Gasteiger partial charge is 0.319 e. The Morgan fingerprint density at radius 1 is 1.16 bits per heavy atom. The molecule has 1 atom stereocenters. The number of ether oxygens (including phenoxy) is 3. The van der Waals surface area contributed by atoms with Gasteiger partial charge in [-0.05, 0) is 44.5 Å². The summed E-state index contributed by atoms with van der Waals surface area (Å²) in [6, 6.07) is 7.38. The SMILES string of the molecule is CCNC(=O)Nc1ccc(-c2nc3c(c(N4CCOCC4C)n2)CCN(C(=O)COCCOC)C3)cc1. The maximum Gasteiger partial charge on any atom is 0.319 e. The molecule has 37 heavy (non-hydrogen) atoms. The van der Waals surface area contributed by atoms with Gasteiger partial charge in [0.25, 0.3) is 0 Å². The third-order valence-electron chi connectivity index (χ3n) is 6.43. The van der Waals surface area contributed by atoms with Gasteiger partial charge in [-0.2, -0.15) is 0 Å². The van der Waals surface area contributed by atoms with Crippen molar-refractivity contribution in [3.63, 3.8) is 0 Å². The predicted octanol–water partition coefficient (Wildman–Crippen LogP) is 2.06. The number of benzene rings is 1. The van der Waals surface area contributed by atoms with Crippen molar-refractivity contribution in [2.24, 2.45) is 0 Å². The fraction of sp³-hybridized carbons (Fsp3) is 0.538. The highest BCUT2D eigenvalue weighted by molar-refractivity contribution is 5.89. The Morgan fingerprint density at radius 3 is 2.70 bits per heavy atom. The number of nitrogens with zero attached hydrogens (tertiary/aromatic N) is 4. The summed E-state index contributed by atoms with van der Waals surface area (Å²) in [5.74, 6) is 1.43. The molecule has 1 aromatic heterocycles. The second-order valence-electron chi connectivity index (χ2n) is 9.09. The summed E-state index contributed by atoms with van der Waals surface area (Å²) < 4.78 is 16.1. The third kappa shape index (κ3) is 6.73. The van der Waals surface area contributed by atoms with E-state index in [-0.39, 0.29) is 24.6 Å². The Morgan fingerprint density at radius 2 is 1.97 bits per heavy atom. The Bertz CT molecular complexity index is 1080. The molecule has 11 nitrogen and oxygen atoms in total. The number of carbonyl (C=O) groups excluding carboxylic acids is 2. The minimum atomic E-state index is -0.250. The monoisotopic (exact) mass is 512 g/mol. The molecule has 0 saturated carbocycles. The minimum absolute atomic E-state index is 0.0179. The first kappa shape index (κ1) is 26.8. The fourth-order valence-corrected chi connectivity index (χ4v) is 4.46.